The molecule has 0 bridgehead atoms. The Labute approximate surface area is 119 Å². The SMILES string of the molecule is O=C(O)/C=C/c1cccc(NC(=O)c2ccc(F)nc2)c1. The molecule has 0 aliphatic rings. The van der Waals surface area contributed by atoms with Crippen molar-refractivity contribution >= 4 is 23.6 Å². The lowest BCUT2D eigenvalue weighted by Crippen LogP contribution is -2.12. The molecule has 1 aromatic carbocycles. The van der Waals surface area contributed by atoms with E-state index in [2.05, 4.69) is 10.3 Å². The highest BCUT2D eigenvalue weighted by Gasteiger charge is 2.06. The summed E-state index contributed by atoms with van der Waals surface area (Å²) >= 11 is 0. The summed E-state index contributed by atoms with van der Waals surface area (Å²) in [6, 6.07) is 9.09. The van der Waals surface area contributed by atoms with E-state index in [1.807, 2.05) is 0 Å². The molecule has 2 N–H and O–H groups in total. The Morgan fingerprint density at radius 3 is 2.71 bits per heavy atom. The number of carboxylic acids is 1. The summed E-state index contributed by atoms with van der Waals surface area (Å²) in [6.45, 7) is 0. The second-order valence-electron chi connectivity index (χ2n) is 4.12. The lowest BCUT2D eigenvalue weighted by atomic mass is 10.2. The zero-order chi connectivity index (χ0) is 15.2. The molecule has 2 aromatic rings. The third-order valence-electron chi connectivity index (χ3n) is 2.55. The minimum atomic E-state index is -1.05. The van der Waals surface area contributed by atoms with Gasteiger partial charge in [-0.05, 0) is 35.9 Å². The quantitative estimate of drug-likeness (QED) is 0.668. The molecule has 0 spiro atoms. The third-order valence-corrected chi connectivity index (χ3v) is 2.55. The van der Waals surface area contributed by atoms with E-state index in [0.29, 0.717) is 11.3 Å². The largest absolute Gasteiger partial charge is 0.478 e. The topological polar surface area (TPSA) is 79.3 Å². The van der Waals surface area contributed by atoms with E-state index in [1.54, 1.807) is 24.3 Å². The molecule has 0 unspecified atom stereocenters. The number of carbonyl (C=O) groups is 2. The first kappa shape index (κ1) is 14.4. The highest BCUT2D eigenvalue weighted by atomic mass is 19.1. The monoisotopic (exact) mass is 286 g/mol. The number of nitrogens with zero attached hydrogens (tertiary/aromatic N) is 1. The van der Waals surface area contributed by atoms with Crippen LogP contribution in [0, 0.1) is 5.95 Å². The first-order valence-corrected chi connectivity index (χ1v) is 5.98. The molecule has 0 aliphatic carbocycles. The number of aromatic nitrogens is 1. The number of benzene rings is 1. The molecular formula is C15H11FN2O3. The van der Waals surface area contributed by atoms with Gasteiger partial charge in [0.15, 0.2) is 0 Å². The Kier molecular flexibility index (Phi) is 4.40. The van der Waals surface area contributed by atoms with Crippen molar-refractivity contribution in [2.75, 3.05) is 5.32 Å². The second-order valence-corrected chi connectivity index (χ2v) is 4.12. The van der Waals surface area contributed by atoms with Gasteiger partial charge < -0.3 is 10.4 Å². The number of hydrogen-bond donors (Lipinski definition) is 2. The number of pyridine rings is 1. The van der Waals surface area contributed by atoms with E-state index in [9.17, 15) is 14.0 Å². The number of rotatable bonds is 4. The van der Waals surface area contributed by atoms with Crippen LogP contribution in [0.3, 0.4) is 0 Å². The van der Waals surface area contributed by atoms with Crippen LogP contribution in [0.2, 0.25) is 0 Å². The van der Waals surface area contributed by atoms with Crippen LogP contribution in [-0.4, -0.2) is 22.0 Å². The molecule has 1 aromatic heterocycles. The van der Waals surface area contributed by atoms with E-state index < -0.39 is 17.8 Å². The van der Waals surface area contributed by atoms with Gasteiger partial charge in [-0.3, -0.25) is 4.79 Å². The van der Waals surface area contributed by atoms with Crippen molar-refractivity contribution in [2.24, 2.45) is 0 Å². The van der Waals surface area contributed by atoms with Crippen LogP contribution in [-0.2, 0) is 4.79 Å². The van der Waals surface area contributed by atoms with Crippen LogP contribution in [0.5, 0.6) is 0 Å². The van der Waals surface area contributed by atoms with Crippen molar-refractivity contribution in [3.8, 4) is 0 Å². The van der Waals surface area contributed by atoms with Gasteiger partial charge in [-0.2, -0.15) is 4.39 Å². The van der Waals surface area contributed by atoms with Crippen LogP contribution < -0.4 is 5.32 Å². The molecule has 6 heteroatoms. The Morgan fingerprint density at radius 1 is 1.24 bits per heavy atom. The van der Waals surface area contributed by atoms with Crippen LogP contribution >= 0.6 is 0 Å². The third kappa shape index (κ3) is 4.24. The summed E-state index contributed by atoms with van der Waals surface area (Å²) in [6.07, 6.45) is 3.56. The zero-order valence-electron chi connectivity index (χ0n) is 10.8. The van der Waals surface area contributed by atoms with Crippen molar-refractivity contribution in [1.82, 2.24) is 4.98 Å². The number of anilines is 1. The average molecular weight is 286 g/mol. The van der Waals surface area contributed by atoms with Gasteiger partial charge in [0.25, 0.3) is 5.91 Å². The van der Waals surface area contributed by atoms with Gasteiger partial charge in [-0.15, -0.1) is 0 Å². The Morgan fingerprint density at radius 2 is 2.05 bits per heavy atom. The maximum absolute atomic E-state index is 12.7. The minimum absolute atomic E-state index is 0.225. The summed E-state index contributed by atoms with van der Waals surface area (Å²) in [4.78, 5) is 25.8. The van der Waals surface area contributed by atoms with Crippen molar-refractivity contribution in [3.63, 3.8) is 0 Å². The van der Waals surface area contributed by atoms with Crippen LogP contribution in [0.1, 0.15) is 15.9 Å². The molecular weight excluding hydrogens is 275 g/mol. The van der Waals surface area contributed by atoms with E-state index in [0.717, 1.165) is 18.3 Å². The summed E-state index contributed by atoms with van der Waals surface area (Å²) < 4.78 is 12.7. The van der Waals surface area contributed by atoms with E-state index in [1.165, 1.54) is 12.1 Å². The molecule has 0 atom stereocenters. The summed E-state index contributed by atoms with van der Waals surface area (Å²) in [5, 5.41) is 11.2. The lowest BCUT2D eigenvalue weighted by molar-refractivity contribution is -0.131. The normalized spacial score (nSPS) is 10.5. The Balaban J connectivity index is 2.12. The molecule has 0 radical (unpaired) electrons. The fraction of sp³-hybridized carbons (Fsp3) is 0. The smallest absolute Gasteiger partial charge is 0.328 e. The summed E-state index contributed by atoms with van der Waals surface area (Å²) in [7, 11) is 0. The Hall–Kier alpha value is -3.02. The number of amides is 1. The van der Waals surface area contributed by atoms with Gasteiger partial charge in [0.2, 0.25) is 5.95 Å². The summed E-state index contributed by atoms with van der Waals surface area (Å²) in [5.74, 6) is -2.14. The standard InChI is InChI=1S/C15H11FN2O3/c16-13-6-5-11(9-17-13)15(21)18-12-3-1-2-10(8-12)4-7-14(19)20/h1-9H,(H,18,21)(H,19,20)/b7-4+. The molecule has 1 amide bonds. The van der Waals surface area contributed by atoms with Gasteiger partial charge in [-0.25, -0.2) is 9.78 Å². The number of aliphatic carboxylic acids is 1. The fourth-order valence-corrected chi connectivity index (χ4v) is 1.60. The molecule has 5 nitrogen and oxygen atoms in total. The van der Waals surface area contributed by atoms with Crippen molar-refractivity contribution in [2.45, 2.75) is 0 Å². The molecule has 0 saturated carbocycles. The lowest BCUT2D eigenvalue weighted by Gasteiger charge is -2.05. The highest BCUT2D eigenvalue weighted by Crippen LogP contribution is 2.13. The maximum atomic E-state index is 12.7. The van der Waals surface area contributed by atoms with Crippen molar-refractivity contribution in [1.29, 1.82) is 0 Å². The van der Waals surface area contributed by atoms with E-state index in [4.69, 9.17) is 5.11 Å². The highest BCUT2D eigenvalue weighted by molar-refractivity contribution is 6.04. The Bertz CT molecular complexity index is 696. The number of nitrogens with one attached hydrogen (secondary N) is 1. The summed E-state index contributed by atoms with van der Waals surface area (Å²) in [5.41, 5.74) is 1.35. The van der Waals surface area contributed by atoms with Gasteiger partial charge in [-0.1, -0.05) is 12.1 Å². The van der Waals surface area contributed by atoms with Crippen LogP contribution in [0.15, 0.2) is 48.7 Å². The number of carbonyl (C=O) groups excluding carboxylic acids is 1. The molecule has 0 fully saturated rings. The molecule has 0 aliphatic heterocycles. The molecule has 2 rings (SSSR count). The van der Waals surface area contributed by atoms with Crippen molar-refractivity contribution < 1.29 is 19.1 Å². The van der Waals surface area contributed by atoms with Crippen LogP contribution in [0.25, 0.3) is 6.08 Å². The number of hydrogen-bond acceptors (Lipinski definition) is 3. The maximum Gasteiger partial charge on any atom is 0.328 e. The van der Waals surface area contributed by atoms with Gasteiger partial charge in [0, 0.05) is 18.0 Å². The predicted molar refractivity (Wildman–Crippen MR) is 75.3 cm³/mol. The van der Waals surface area contributed by atoms with Crippen molar-refractivity contribution in [3.05, 3.63) is 65.7 Å². The first-order chi connectivity index (χ1) is 10.0. The predicted octanol–water partition coefficient (Wildman–Crippen LogP) is 2.57. The van der Waals surface area contributed by atoms with Gasteiger partial charge in [0.1, 0.15) is 0 Å². The molecule has 106 valence electrons. The average Bonchev–Trinajstić information content (AvgIpc) is 2.46. The van der Waals surface area contributed by atoms with Crippen LogP contribution in [0.4, 0.5) is 10.1 Å². The van der Waals surface area contributed by atoms with E-state index >= 15 is 0 Å². The first-order valence-electron chi connectivity index (χ1n) is 5.98. The molecule has 21 heavy (non-hydrogen) atoms. The zero-order valence-corrected chi connectivity index (χ0v) is 10.8. The molecule has 0 saturated heterocycles. The fourth-order valence-electron chi connectivity index (χ4n) is 1.60. The minimum Gasteiger partial charge on any atom is -0.478 e. The second kappa shape index (κ2) is 6.42. The number of halogens is 1. The number of carboxylic acid groups (broad SMARTS) is 1. The van der Waals surface area contributed by atoms with E-state index in [-0.39, 0.29) is 5.56 Å². The van der Waals surface area contributed by atoms with Gasteiger partial charge >= 0.3 is 5.97 Å². The van der Waals surface area contributed by atoms with Gasteiger partial charge in [0.05, 0.1) is 5.56 Å². The molecule has 1 heterocycles.